The van der Waals surface area contributed by atoms with Gasteiger partial charge in [-0.1, -0.05) is 22.9 Å². The number of alkyl halides is 1. The second-order valence-corrected chi connectivity index (χ2v) is 5.09. The fraction of sp³-hybridized carbons (Fsp3) is 0.900. The van der Waals surface area contributed by atoms with Gasteiger partial charge in [-0.3, -0.25) is 4.79 Å². The minimum atomic E-state index is 0.125. The van der Waals surface area contributed by atoms with Gasteiger partial charge in [0.25, 0.3) is 0 Å². The van der Waals surface area contributed by atoms with Crippen LogP contribution < -0.4 is 5.32 Å². The Hall–Kier alpha value is -0.0500. The van der Waals surface area contributed by atoms with Crippen molar-refractivity contribution in [2.75, 3.05) is 5.33 Å². The SMILES string of the molecule is CC(C(=O)NC1(CBr)CC1)C1CC1. The maximum Gasteiger partial charge on any atom is 0.223 e. The topological polar surface area (TPSA) is 29.1 Å². The molecule has 0 spiro atoms. The third-order valence-electron chi connectivity index (χ3n) is 3.24. The molecule has 1 amide bonds. The smallest absolute Gasteiger partial charge is 0.223 e. The summed E-state index contributed by atoms with van der Waals surface area (Å²) in [6, 6.07) is 0. The molecule has 0 radical (unpaired) electrons. The maximum absolute atomic E-state index is 11.7. The van der Waals surface area contributed by atoms with Gasteiger partial charge in [0.05, 0.1) is 0 Å². The predicted octanol–water partition coefficient (Wildman–Crippen LogP) is 2.08. The molecule has 2 saturated carbocycles. The van der Waals surface area contributed by atoms with Gasteiger partial charge in [0.1, 0.15) is 0 Å². The van der Waals surface area contributed by atoms with E-state index in [1.165, 1.54) is 12.8 Å². The quantitative estimate of drug-likeness (QED) is 0.756. The summed E-state index contributed by atoms with van der Waals surface area (Å²) < 4.78 is 0. The normalized spacial score (nSPS) is 26.6. The number of carbonyl (C=O) groups excluding carboxylic acids is 1. The molecule has 2 rings (SSSR count). The number of amides is 1. The molecule has 0 bridgehead atoms. The van der Waals surface area contributed by atoms with E-state index in [1.54, 1.807) is 0 Å². The van der Waals surface area contributed by atoms with Gasteiger partial charge in [0.15, 0.2) is 0 Å². The van der Waals surface area contributed by atoms with Gasteiger partial charge in [-0.15, -0.1) is 0 Å². The van der Waals surface area contributed by atoms with Crippen LogP contribution in [-0.4, -0.2) is 16.8 Å². The lowest BCUT2D eigenvalue weighted by atomic mass is 10.1. The molecule has 1 atom stereocenters. The molecule has 3 heteroatoms. The molecule has 2 aliphatic carbocycles. The molecule has 0 aliphatic heterocycles. The molecule has 0 heterocycles. The van der Waals surface area contributed by atoms with E-state index in [4.69, 9.17) is 0 Å². The highest BCUT2D eigenvalue weighted by Gasteiger charge is 2.44. The summed E-state index contributed by atoms with van der Waals surface area (Å²) in [6.07, 6.45) is 4.77. The van der Waals surface area contributed by atoms with E-state index in [1.807, 2.05) is 0 Å². The van der Waals surface area contributed by atoms with Crippen LogP contribution in [-0.2, 0) is 4.79 Å². The molecule has 1 N–H and O–H groups in total. The summed E-state index contributed by atoms with van der Waals surface area (Å²) in [5, 5.41) is 4.06. The number of hydrogen-bond acceptors (Lipinski definition) is 1. The van der Waals surface area contributed by atoms with Crippen LogP contribution in [0.3, 0.4) is 0 Å². The van der Waals surface area contributed by atoms with Gasteiger partial charge < -0.3 is 5.32 Å². The Morgan fingerprint density at radius 1 is 1.62 bits per heavy atom. The Morgan fingerprint density at radius 2 is 2.23 bits per heavy atom. The fourth-order valence-electron chi connectivity index (χ4n) is 1.63. The standard InChI is InChI=1S/C10H16BrNO/c1-7(8-2-3-8)9(13)12-10(6-11)4-5-10/h7-8H,2-6H2,1H3,(H,12,13). The van der Waals surface area contributed by atoms with E-state index >= 15 is 0 Å². The second kappa shape index (κ2) is 3.26. The van der Waals surface area contributed by atoms with Crippen molar-refractivity contribution in [2.24, 2.45) is 11.8 Å². The molecule has 13 heavy (non-hydrogen) atoms. The van der Waals surface area contributed by atoms with Gasteiger partial charge in [-0.2, -0.15) is 0 Å². The van der Waals surface area contributed by atoms with E-state index in [9.17, 15) is 4.79 Å². The van der Waals surface area contributed by atoms with Gasteiger partial charge >= 0.3 is 0 Å². The summed E-state index contributed by atoms with van der Waals surface area (Å²) in [5.41, 5.74) is 0.125. The lowest BCUT2D eigenvalue weighted by molar-refractivity contribution is -0.125. The van der Waals surface area contributed by atoms with Crippen molar-refractivity contribution >= 4 is 21.8 Å². The first-order valence-electron chi connectivity index (χ1n) is 5.05. The summed E-state index contributed by atoms with van der Waals surface area (Å²) in [6.45, 7) is 2.05. The first kappa shape index (κ1) is 9.50. The largest absolute Gasteiger partial charge is 0.350 e. The van der Waals surface area contributed by atoms with E-state index in [-0.39, 0.29) is 17.4 Å². The van der Waals surface area contributed by atoms with Crippen molar-refractivity contribution in [1.82, 2.24) is 5.32 Å². The van der Waals surface area contributed by atoms with E-state index < -0.39 is 0 Å². The van der Waals surface area contributed by atoms with Gasteiger partial charge in [-0.05, 0) is 31.6 Å². The minimum Gasteiger partial charge on any atom is -0.350 e. The van der Waals surface area contributed by atoms with Crippen molar-refractivity contribution in [1.29, 1.82) is 0 Å². The highest BCUT2D eigenvalue weighted by Crippen LogP contribution is 2.40. The van der Waals surface area contributed by atoms with Crippen LogP contribution in [0.2, 0.25) is 0 Å². The first-order valence-corrected chi connectivity index (χ1v) is 6.17. The molecule has 1 unspecified atom stereocenters. The Labute approximate surface area is 87.6 Å². The summed E-state index contributed by atoms with van der Waals surface area (Å²) in [4.78, 5) is 11.7. The summed E-state index contributed by atoms with van der Waals surface area (Å²) in [7, 11) is 0. The van der Waals surface area contributed by atoms with Crippen LogP contribution in [0, 0.1) is 11.8 Å². The van der Waals surface area contributed by atoms with Crippen LogP contribution in [0.25, 0.3) is 0 Å². The van der Waals surface area contributed by atoms with Crippen molar-refractivity contribution in [2.45, 2.75) is 38.1 Å². The molecular weight excluding hydrogens is 230 g/mol. The van der Waals surface area contributed by atoms with E-state index in [0.717, 1.165) is 18.2 Å². The van der Waals surface area contributed by atoms with Crippen molar-refractivity contribution < 1.29 is 4.79 Å². The number of nitrogens with one attached hydrogen (secondary N) is 1. The van der Waals surface area contributed by atoms with Gasteiger partial charge in [-0.25, -0.2) is 0 Å². The van der Waals surface area contributed by atoms with Crippen LogP contribution in [0.15, 0.2) is 0 Å². The lowest BCUT2D eigenvalue weighted by Gasteiger charge is -2.17. The zero-order valence-electron chi connectivity index (χ0n) is 7.98. The molecule has 0 aromatic rings. The molecule has 0 aromatic carbocycles. The average Bonchev–Trinajstić information content (AvgIpc) is 2.99. The predicted molar refractivity (Wildman–Crippen MR) is 55.8 cm³/mol. The number of rotatable bonds is 4. The van der Waals surface area contributed by atoms with Crippen LogP contribution >= 0.6 is 15.9 Å². The maximum atomic E-state index is 11.7. The van der Waals surface area contributed by atoms with Crippen molar-refractivity contribution in [3.8, 4) is 0 Å². The third kappa shape index (κ3) is 2.06. The Morgan fingerprint density at radius 3 is 2.62 bits per heavy atom. The number of halogens is 1. The molecule has 2 aliphatic rings. The van der Waals surface area contributed by atoms with Crippen molar-refractivity contribution in [3.63, 3.8) is 0 Å². The Balaban J connectivity index is 1.83. The average molecular weight is 246 g/mol. The molecule has 2 nitrogen and oxygen atoms in total. The highest BCUT2D eigenvalue weighted by atomic mass is 79.9. The molecular formula is C10H16BrNO. The summed E-state index contributed by atoms with van der Waals surface area (Å²) in [5.74, 6) is 1.17. The van der Waals surface area contributed by atoms with Gasteiger partial charge in [0.2, 0.25) is 5.91 Å². The van der Waals surface area contributed by atoms with Gasteiger partial charge in [0, 0.05) is 16.8 Å². The van der Waals surface area contributed by atoms with E-state index in [0.29, 0.717) is 5.92 Å². The number of hydrogen-bond donors (Lipinski definition) is 1. The molecule has 0 saturated heterocycles. The Kier molecular flexibility index (Phi) is 2.39. The monoisotopic (exact) mass is 245 g/mol. The highest BCUT2D eigenvalue weighted by molar-refractivity contribution is 9.09. The lowest BCUT2D eigenvalue weighted by Crippen LogP contribution is -2.41. The first-order chi connectivity index (χ1) is 6.17. The van der Waals surface area contributed by atoms with Crippen LogP contribution in [0.5, 0.6) is 0 Å². The number of carbonyl (C=O) groups is 1. The van der Waals surface area contributed by atoms with Crippen LogP contribution in [0.1, 0.15) is 32.6 Å². The zero-order valence-corrected chi connectivity index (χ0v) is 9.56. The van der Waals surface area contributed by atoms with Crippen LogP contribution in [0.4, 0.5) is 0 Å². The molecule has 2 fully saturated rings. The van der Waals surface area contributed by atoms with Crippen molar-refractivity contribution in [3.05, 3.63) is 0 Å². The fourth-order valence-corrected chi connectivity index (χ4v) is 2.33. The Bertz CT molecular complexity index is 221. The molecule has 0 aromatic heterocycles. The summed E-state index contributed by atoms with van der Waals surface area (Å²) >= 11 is 3.45. The third-order valence-corrected chi connectivity index (χ3v) is 4.31. The second-order valence-electron chi connectivity index (χ2n) is 4.53. The van der Waals surface area contributed by atoms with E-state index in [2.05, 4.69) is 28.2 Å². The molecule has 74 valence electrons. The zero-order chi connectivity index (χ0) is 9.47. The minimum absolute atomic E-state index is 0.125.